The van der Waals surface area contributed by atoms with Crippen LogP contribution >= 0.6 is 11.3 Å². The van der Waals surface area contributed by atoms with Crippen molar-refractivity contribution in [3.05, 3.63) is 16.1 Å². The van der Waals surface area contributed by atoms with Gasteiger partial charge in [0, 0.05) is 11.4 Å². The lowest BCUT2D eigenvalue weighted by Gasteiger charge is -2.42. The molecule has 17 heavy (non-hydrogen) atoms. The van der Waals surface area contributed by atoms with Gasteiger partial charge in [0.2, 0.25) is 0 Å². The molecule has 1 saturated carbocycles. The van der Waals surface area contributed by atoms with Crippen molar-refractivity contribution in [2.45, 2.75) is 52.4 Å². The summed E-state index contributed by atoms with van der Waals surface area (Å²) in [7, 11) is 0. The van der Waals surface area contributed by atoms with Gasteiger partial charge in [-0.05, 0) is 51.0 Å². The molecule has 1 aromatic heterocycles. The second-order valence-corrected chi connectivity index (χ2v) is 6.33. The first-order valence-corrected chi connectivity index (χ1v) is 7.73. The van der Waals surface area contributed by atoms with Crippen molar-refractivity contribution < 1.29 is 0 Å². The normalized spacial score (nSPS) is 18.0. The van der Waals surface area contributed by atoms with E-state index in [-0.39, 0.29) is 0 Å². The number of hydrogen-bond donors (Lipinski definition) is 1. The summed E-state index contributed by atoms with van der Waals surface area (Å²) in [6, 6.07) is 0. The summed E-state index contributed by atoms with van der Waals surface area (Å²) in [4.78, 5) is 5.83. The quantitative estimate of drug-likeness (QED) is 0.751. The minimum Gasteiger partial charge on any atom is -0.316 e. The highest BCUT2D eigenvalue weighted by Gasteiger charge is 2.35. The fraction of sp³-hybridized carbons (Fsp3) is 0.786. The second-order valence-electron chi connectivity index (χ2n) is 5.39. The molecule has 1 aliphatic rings. The Morgan fingerprint density at radius 2 is 2.29 bits per heavy atom. The molecule has 0 atom stereocenters. The molecule has 2 rings (SSSR count). The van der Waals surface area contributed by atoms with Crippen molar-refractivity contribution in [1.29, 1.82) is 0 Å². The Balaban J connectivity index is 1.81. The van der Waals surface area contributed by atoms with Gasteiger partial charge in [0.05, 0.1) is 11.2 Å². The van der Waals surface area contributed by atoms with E-state index >= 15 is 0 Å². The number of hydrogen-bond acceptors (Lipinski definition) is 3. The van der Waals surface area contributed by atoms with Gasteiger partial charge < -0.3 is 5.32 Å². The predicted molar refractivity (Wildman–Crippen MR) is 74.6 cm³/mol. The number of aromatic nitrogens is 1. The van der Waals surface area contributed by atoms with Gasteiger partial charge in [-0.3, -0.25) is 0 Å². The van der Waals surface area contributed by atoms with Crippen molar-refractivity contribution in [2.75, 3.05) is 13.1 Å². The SMILES string of the molecule is CCCNCC1(CCc2scnc2C)CCC1. The summed E-state index contributed by atoms with van der Waals surface area (Å²) in [5.74, 6) is 0. The lowest BCUT2D eigenvalue weighted by molar-refractivity contribution is 0.118. The van der Waals surface area contributed by atoms with E-state index in [2.05, 4.69) is 24.1 Å². The van der Waals surface area contributed by atoms with E-state index in [1.165, 1.54) is 62.2 Å². The predicted octanol–water partition coefficient (Wildman–Crippen LogP) is 3.55. The van der Waals surface area contributed by atoms with Gasteiger partial charge in [0.15, 0.2) is 0 Å². The molecule has 2 nitrogen and oxygen atoms in total. The van der Waals surface area contributed by atoms with E-state index in [0.29, 0.717) is 5.41 Å². The first-order chi connectivity index (χ1) is 8.26. The summed E-state index contributed by atoms with van der Waals surface area (Å²) in [6.07, 6.45) is 8.07. The number of nitrogens with one attached hydrogen (secondary N) is 1. The molecule has 0 spiro atoms. The molecule has 0 aliphatic heterocycles. The van der Waals surface area contributed by atoms with Crippen LogP contribution in [0.25, 0.3) is 0 Å². The Morgan fingerprint density at radius 3 is 2.82 bits per heavy atom. The lowest BCUT2D eigenvalue weighted by atomic mass is 9.66. The van der Waals surface area contributed by atoms with Gasteiger partial charge in [-0.1, -0.05) is 13.3 Å². The van der Waals surface area contributed by atoms with Gasteiger partial charge in [0.25, 0.3) is 0 Å². The van der Waals surface area contributed by atoms with Gasteiger partial charge in [0.1, 0.15) is 0 Å². The van der Waals surface area contributed by atoms with Gasteiger partial charge in [-0.25, -0.2) is 4.98 Å². The summed E-state index contributed by atoms with van der Waals surface area (Å²) in [6.45, 7) is 6.76. The van der Waals surface area contributed by atoms with Gasteiger partial charge in [-0.15, -0.1) is 11.3 Å². The van der Waals surface area contributed by atoms with Crippen molar-refractivity contribution in [2.24, 2.45) is 5.41 Å². The monoisotopic (exact) mass is 252 g/mol. The molecule has 0 bridgehead atoms. The second kappa shape index (κ2) is 5.96. The van der Waals surface area contributed by atoms with Crippen molar-refractivity contribution >= 4 is 11.3 Å². The van der Waals surface area contributed by atoms with E-state index < -0.39 is 0 Å². The molecular weight excluding hydrogens is 228 g/mol. The summed E-state index contributed by atoms with van der Waals surface area (Å²) in [5.41, 5.74) is 3.82. The number of aryl methyl sites for hydroxylation is 2. The molecule has 0 unspecified atom stereocenters. The maximum Gasteiger partial charge on any atom is 0.0797 e. The number of nitrogens with zero attached hydrogens (tertiary/aromatic N) is 1. The van der Waals surface area contributed by atoms with E-state index in [1.807, 2.05) is 16.8 Å². The molecule has 1 aromatic rings. The molecule has 96 valence electrons. The Hall–Kier alpha value is -0.410. The zero-order valence-corrected chi connectivity index (χ0v) is 11.9. The third-order valence-corrected chi connectivity index (χ3v) is 5.06. The maximum atomic E-state index is 4.34. The van der Waals surface area contributed by atoms with E-state index in [9.17, 15) is 0 Å². The molecule has 1 fully saturated rings. The standard InChI is InChI=1S/C14H24N2S/c1-3-9-15-10-14(6-4-7-14)8-5-13-12(2)16-11-17-13/h11,15H,3-10H2,1-2H3. The highest BCUT2D eigenvalue weighted by atomic mass is 32.1. The average molecular weight is 252 g/mol. The Bertz CT molecular complexity index is 342. The number of rotatable bonds is 7. The highest BCUT2D eigenvalue weighted by molar-refractivity contribution is 7.09. The minimum atomic E-state index is 0.603. The molecule has 1 N–H and O–H groups in total. The molecular formula is C14H24N2S. The minimum absolute atomic E-state index is 0.603. The smallest absolute Gasteiger partial charge is 0.0797 e. The average Bonchev–Trinajstić information content (AvgIpc) is 2.67. The largest absolute Gasteiger partial charge is 0.316 e. The van der Waals surface area contributed by atoms with Crippen LogP contribution in [0.1, 0.15) is 49.6 Å². The van der Waals surface area contributed by atoms with Crippen LogP contribution < -0.4 is 5.32 Å². The van der Waals surface area contributed by atoms with Crippen LogP contribution in [0.15, 0.2) is 5.51 Å². The summed E-state index contributed by atoms with van der Waals surface area (Å²) in [5, 5.41) is 3.61. The fourth-order valence-electron chi connectivity index (χ4n) is 2.67. The van der Waals surface area contributed by atoms with Crippen molar-refractivity contribution in [1.82, 2.24) is 10.3 Å². The topological polar surface area (TPSA) is 24.9 Å². The van der Waals surface area contributed by atoms with Crippen LogP contribution in [0.4, 0.5) is 0 Å². The first kappa shape index (κ1) is 13.0. The van der Waals surface area contributed by atoms with E-state index in [1.54, 1.807) is 0 Å². The third-order valence-electron chi connectivity index (χ3n) is 4.07. The molecule has 0 aromatic carbocycles. The Labute approximate surface area is 109 Å². The zero-order chi connectivity index (χ0) is 12.1. The van der Waals surface area contributed by atoms with Crippen molar-refractivity contribution in [3.63, 3.8) is 0 Å². The summed E-state index contributed by atoms with van der Waals surface area (Å²) >= 11 is 1.82. The maximum absolute atomic E-state index is 4.34. The molecule has 0 saturated heterocycles. The van der Waals surface area contributed by atoms with Crippen LogP contribution in [0.5, 0.6) is 0 Å². The third kappa shape index (κ3) is 3.29. The fourth-order valence-corrected chi connectivity index (χ4v) is 3.45. The van der Waals surface area contributed by atoms with Crippen LogP contribution in [0.3, 0.4) is 0 Å². The molecule has 1 heterocycles. The van der Waals surface area contributed by atoms with Gasteiger partial charge >= 0.3 is 0 Å². The van der Waals surface area contributed by atoms with Crippen molar-refractivity contribution in [3.8, 4) is 0 Å². The van der Waals surface area contributed by atoms with E-state index in [0.717, 1.165) is 0 Å². The molecule has 1 aliphatic carbocycles. The zero-order valence-electron chi connectivity index (χ0n) is 11.1. The Morgan fingerprint density at radius 1 is 1.47 bits per heavy atom. The van der Waals surface area contributed by atoms with Crippen LogP contribution in [-0.2, 0) is 6.42 Å². The van der Waals surface area contributed by atoms with Crippen LogP contribution in [0.2, 0.25) is 0 Å². The number of thiazole rings is 1. The molecule has 0 amide bonds. The highest BCUT2D eigenvalue weighted by Crippen LogP contribution is 2.44. The van der Waals surface area contributed by atoms with Crippen LogP contribution in [-0.4, -0.2) is 18.1 Å². The van der Waals surface area contributed by atoms with E-state index in [4.69, 9.17) is 0 Å². The molecule has 3 heteroatoms. The van der Waals surface area contributed by atoms with Crippen LogP contribution in [0, 0.1) is 12.3 Å². The summed E-state index contributed by atoms with van der Waals surface area (Å²) < 4.78 is 0. The lowest BCUT2D eigenvalue weighted by Crippen LogP contribution is -2.40. The van der Waals surface area contributed by atoms with Gasteiger partial charge in [-0.2, -0.15) is 0 Å². The Kier molecular flexibility index (Phi) is 4.57. The first-order valence-electron chi connectivity index (χ1n) is 6.85. The molecule has 0 radical (unpaired) electrons.